The fourth-order valence-corrected chi connectivity index (χ4v) is 2.45. The van der Waals surface area contributed by atoms with Crippen molar-refractivity contribution in [1.29, 1.82) is 0 Å². The molecule has 6 heteroatoms. The smallest absolute Gasteiger partial charge is 0.343 e. The first-order valence-electron chi connectivity index (χ1n) is 6.75. The molecule has 0 aliphatic rings. The second kappa shape index (κ2) is 6.14. The first-order chi connectivity index (χ1) is 11.1. The van der Waals surface area contributed by atoms with Gasteiger partial charge < -0.3 is 14.5 Å². The van der Waals surface area contributed by atoms with Gasteiger partial charge in [0.25, 0.3) is 5.91 Å². The Labute approximate surface area is 136 Å². The molecule has 0 unspecified atom stereocenters. The largest absolute Gasteiger partial charge is 0.495 e. The van der Waals surface area contributed by atoms with E-state index in [4.69, 9.17) is 20.8 Å². The van der Waals surface area contributed by atoms with E-state index < -0.39 is 11.5 Å². The molecular weight excluding hydrogens is 318 g/mol. The number of hydrogen-bond acceptors (Lipinski definition) is 4. The number of methoxy groups -OCH3 is 1. The second-order valence-corrected chi connectivity index (χ2v) is 5.22. The molecule has 1 N–H and O–H groups in total. The summed E-state index contributed by atoms with van der Waals surface area (Å²) in [5.41, 5.74) is 0.194. The van der Waals surface area contributed by atoms with Gasteiger partial charge in [0.1, 0.15) is 12.0 Å². The highest BCUT2D eigenvalue weighted by atomic mass is 35.5. The fraction of sp³-hybridized carbons (Fsp3) is 0.0588. The molecule has 1 amide bonds. The molecule has 0 saturated heterocycles. The minimum absolute atomic E-state index is 0.252. The lowest BCUT2D eigenvalue weighted by atomic mass is 10.1. The lowest BCUT2D eigenvalue weighted by Gasteiger charge is -2.11. The van der Waals surface area contributed by atoms with Crippen molar-refractivity contribution in [2.45, 2.75) is 0 Å². The van der Waals surface area contributed by atoms with Crippen LogP contribution in [0.3, 0.4) is 0 Å². The van der Waals surface area contributed by atoms with Gasteiger partial charge in [-0.15, -0.1) is 0 Å². The number of ether oxygens (including phenoxy) is 1. The Morgan fingerprint density at radius 1 is 1.17 bits per heavy atom. The average molecular weight is 330 g/mol. The van der Waals surface area contributed by atoms with Crippen LogP contribution in [0.5, 0.6) is 5.75 Å². The van der Waals surface area contributed by atoms with Gasteiger partial charge in [-0.2, -0.15) is 0 Å². The maximum atomic E-state index is 12.5. The Morgan fingerprint density at radius 3 is 2.65 bits per heavy atom. The molecule has 3 aromatic rings. The molecule has 23 heavy (non-hydrogen) atoms. The summed E-state index contributed by atoms with van der Waals surface area (Å²) in [6.07, 6.45) is 1.15. The van der Waals surface area contributed by atoms with Crippen LogP contribution in [0.25, 0.3) is 10.8 Å². The number of rotatable bonds is 3. The predicted molar refractivity (Wildman–Crippen MR) is 88.4 cm³/mol. The van der Waals surface area contributed by atoms with E-state index in [1.807, 2.05) is 0 Å². The van der Waals surface area contributed by atoms with Crippen LogP contribution >= 0.6 is 11.6 Å². The van der Waals surface area contributed by atoms with Gasteiger partial charge >= 0.3 is 5.63 Å². The van der Waals surface area contributed by atoms with Gasteiger partial charge in [0.2, 0.25) is 0 Å². The third-order valence-corrected chi connectivity index (χ3v) is 3.61. The van der Waals surface area contributed by atoms with Crippen LogP contribution in [0.4, 0.5) is 5.69 Å². The molecule has 0 atom stereocenters. The number of hydrogen-bond donors (Lipinski definition) is 1. The van der Waals surface area contributed by atoms with Crippen molar-refractivity contribution in [2.75, 3.05) is 12.4 Å². The number of benzene rings is 2. The lowest BCUT2D eigenvalue weighted by Crippen LogP contribution is -2.15. The molecule has 1 aromatic heterocycles. The summed E-state index contributed by atoms with van der Waals surface area (Å²) in [5.74, 6) is 0.0509. The van der Waals surface area contributed by atoms with Crippen molar-refractivity contribution in [2.24, 2.45) is 0 Å². The van der Waals surface area contributed by atoms with Crippen molar-refractivity contribution in [3.63, 3.8) is 0 Å². The monoisotopic (exact) mass is 329 g/mol. The first kappa shape index (κ1) is 15.1. The Hall–Kier alpha value is -2.79. The van der Waals surface area contributed by atoms with Crippen LogP contribution in [0, 0.1) is 0 Å². The summed E-state index contributed by atoms with van der Waals surface area (Å²) < 4.78 is 10.1. The Balaban J connectivity index is 2.04. The highest BCUT2D eigenvalue weighted by Gasteiger charge is 2.15. The SMILES string of the molecule is COc1ccc(Cl)cc1NC(=O)c1coc(=O)c2ccccc12. The zero-order valence-corrected chi connectivity index (χ0v) is 12.9. The zero-order valence-electron chi connectivity index (χ0n) is 12.1. The molecule has 0 radical (unpaired) electrons. The standard InChI is InChI=1S/C17H12ClNO4/c1-22-15-7-6-10(18)8-14(15)19-16(20)13-9-23-17(21)12-5-3-2-4-11(12)13/h2-9H,1H3,(H,19,20). The van der Waals surface area contributed by atoms with E-state index in [2.05, 4.69) is 5.32 Å². The van der Waals surface area contributed by atoms with Gasteiger partial charge in [-0.05, 0) is 24.3 Å². The quantitative estimate of drug-likeness (QED) is 0.795. The van der Waals surface area contributed by atoms with Crippen molar-refractivity contribution in [3.8, 4) is 5.75 Å². The number of anilines is 1. The summed E-state index contributed by atoms with van der Waals surface area (Å²) >= 11 is 5.95. The Morgan fingerprint density at radius 2 is 1.91 bits per heavy atom. The summed E-state index contributed by atoms with van der Waals surface area (Å²) in [5, 5.41) is 4.04. The molecule has 5 nitrogen and oxygen atoms in total. The van der Waals surface area contributed by atoms with Crippen LogP contribution in [0.15, 0.2) is 57.9 Å². The molecule has 116 valence electrons. The van der Waals surface area contributed by atoms with Gasteiger partial charge in [0.05, 0.1) is 23.7 Å². The van der Waals surface area contributed by atoms with Crippen molar-refractivity contribution in [1.82, 2.24) is 0 Å². The summed E-state index contributed by atoms with van der Waals surface area (Å²) in [7, 11) is 1.50. The first-order valence-corrected chi connectivity index (χ1v) is 7.13. The maximum Gasteiger partial charge on any atom is 0.343 e. The molecule has 0 saturated carbocycles. The minimum Gasteiger partial charge on any atom is -0.495 e. The van der Waals surface area contributed by atoms with Crippen LogP contribution in [0.1, 0.15) is 10.4 Å². The molecule has 0 fully saturated rings. The molecular formula is C17H12ClNO4. The highest BCUT2D eigenvalue weighted by Crippen LogP contribution is 2.28. The van der Waals surface area contributed by atoms with Gasteiger partial charge in [-0.3, -0.25) is 4.79 Å². The maximum absolute atomic E-state index is 12.5. The van der Waals surface area contributed by atoms with E-state index in [-0.39, 0.29) is 5.56 Å². The minimum atomic E-state index is -0.488. The van der Waals surface area contributed by atoms with Crippen molar-refractivity contribution >= 4 is 34.0 Å². The Kier molecular flexibility index (Phi) is 4.04. The second-order valence-electron chi connectivity index (χ2n) is 4.78. The number of amides is 1. The van der Waals surface area contributed by atoms with Crippen LogP contribution in [-0.2, 0) is 0 Å². The van der Waals surface area contributed by atoms with E-state index in [0.29, 0.717) is 27.2 Å². The third kappa shape index (κ3) is 2.91. The highest BCUT2D eigenvalue weighted by molar-refractivity contribution is 6.31. The number of halogens is 1. The molecule has 0 spiro atoms. The average Bonchev–Trinajstić information content (AvgIpc) is 2.55. The van der Waals surface area contributed by atoms with Crippen molar-refractivity contribution in [3.05, 3.63) is 69.7 Å². The van der Waals surface area contributed by atoms with Gasteiger partial charge in [-0.1, -0.05) is 29.8 Å². The van der Waals surface area contributed by atoms with Crippen LogP contribution in [-0.4, -0.2) is 13.0 Å². The van der Waals surface area contributed by atoms with E-state index in [1.165, 1.54) is 7.11 Å². The van der Waals surface area contributed by atoms with E-state index in [9.17, 15) is 9.59 Å². The zero-order chi connectivity index (χ0) is 16.4. The Bertz CT molecular complexity index is 949. The van der Waals surface area contributed by atoms with Crippen LogP contribution in [0.2, 0.25) is 5.02 Å². The van der Waals surface area contributed by atoms with Crippen LogP contribution < -0.4 is 15.7 Å². The molecule has 2 aromatic carbocycles. The lowest BCUT2D eigenvalue weighted by molar-refractivity contribution is 0.102. The predicted octanol–water partition coefficient (Wildman–Crippen LogP) is 3.71. The van der Waals surface area contributed by atoms with Gasteiger partial charge in [0, 0.05) is 10.4 Å². The fourth-order valence-electron chi connectivity index (χ4n) is 2.28. The number of carbonyl (C=O) groups excluding carboxylic acids is 1. The summed E-state index contributed by atoms with van der Waals surface area (Å²) in [4.78, 5) is 24.3. The summed E-state index contributed by atoms with van der Waals surface area (Å²) in [6, 6.07) is 11.7. The van der Waals surface area contributed by atoms with E-state index in [1.54, 1.807) is 42.5 Å². The third-order valence-electron chi connectivity index (χ3n) is 3.38. The topological polar surface area (TPSA) is 68.5 Å². The number of fused-ring (bicyclic) bond motifs is 1. The molecule has 3 rings (SSSR count). The molecule has 0 aliphatic carbocycles. The molecule has 0 bridgehead atoms. The molecule has 0 aliphatic heterocycles. The van der Waals surface area contributed by atoms with Crippen molar-refractivity contribution < 1.29 is 13.9 Å². The van der Waals surface area contributed by atoms with Gasteiger partial charge in [-0.25, -0.2) is 4.79 Å². The number of nitrogens with one attached hydrogen (secondary N) is 1. The molecule has 1 heterocycles. The van der Waals surface area contributed by atoms with Gasteiger partial charge in [0.15, 0.2) is 0 Å². The van der Waals surface area contributed by atoms with E-state index in [0.717, 1.165) is 6.26 Å². The summed E-state index contributed by atoms with van der Waals surface area (Å²) in [6.45, 7) is 0. The number of carbonyl (C=O) groups is 1. The van der Waals surface area contributed by atoms with E-state index >= 15 is 0 Å². The normalized spacial score (nSPS) is 10.5.